The van der Waals surface area contributed by atoms with Crippen LogP contribution in [0.4, 0.5) is 0 Å². The number of amides is 1. The molecule has 0 aromatic carbocycles. The molecule has 6 heteroatoms. The average molecular weight is 302 g/mol. The molecule has 1 heterocycles. The van der Waals surface area contributed by atoms with E-state index >= 15 is 0 Å². The van der Waals surface area contributed by atoms with E-state index in [-0.39, 0.29) is 38.6 Å². The first kappa shape index (κ1) is 16.5. The standard InChI is InChI=1S/C10H21N4O.Y/c1-11-10(15)9-14-6-4-12-3-5-13(2)7-8-14;/h3-9H2,1-2H3,(H,11,15);/q-1;. The summed E-state index contributed by atoms with van der Waals surface area (Å²) in [4.78, 5) is 15.7. The molecule has 1 fully saturated rings. The Morgan fingerprint density at radius 1 is 1.25 bits per heavy atom. The van der Waals surface area contributed by atoms with Crippen LogP contribution in [0.5, 0.6) is 0 Å². The van der Waals surface area contributed by atoms with Crippen LogP contribution in [0.2, 0.25) is 0 Å². The molecule has 1 rings (SSSR count). The van der Waals surface area contributed by atoms with Gasteiger partial charge >= 0.3 is 0 Å². The zero-order valence-electron chi connectivity index (χ0n) is 10.3. The number of hydrogen-bond acceptors (Lipinski definition) is 3. The van der Waals surface area contributed by atoms with Crippen molar-refractivity contribution in [2.45, 2.75) is 0 Å². The summed E-state index contributed by atoms with van der Waals surface area (Å²) in [7, 11) is 3.77. The molecule has 0 aliphatic carbocycles. The third-order valence-electron chi connectivity index (χ3n) is 2.66. The molecular weight excluding hydrogens is 281 g/mol. The van der Waals surface area contributed by atoms with Crippen molar-refractivity contribution >= 4 is 5.91 Å². The molecule has 0 spiro atoms. The molecule has 1 saturated heterocycles. The summed E-state index contributed by atoms with van der Waals surface area (Å²) < 4.78 is 0. The summed E-state index contributed by atoms with van der Waals surface area (Å²) in [6.07, 6.45) is 0. The molecule has 0 unspecified atom stereocenters. The molecule has 0 aromatic heterocycles. The molecule has 91 valence electrons. The molecule has 1 amide bonds. The molecular formula is C10H21N4OY-. The van der Waals surface area contributed by atoms with Crippen LogP contribution in [-0.4, -0.2) is 75.6 Å². The van der Waals surface area contributed by atoms with Gasteiger partial charge in [-0.1, -0.05) is 0 Å². The van der Waals surface area contributed by atoms with E-state index in [1.807, 2.05) is 0 Å². The van der Waals surface area contributed by atoms with Crippen LogP contribution >= 0.6 is 0 Å². The van der Waals surface area contributed by atoms with Crippen LogP contribution in [0.1, 0.15) is 0 Å². The van der Waals surface area contributed by atoms with Gasteiger partial charge < -0.3 is 15.5 Å². The predicted molar refractivity (Wildman–Crippen MR) is 61.1 cm³/mol. The van der Waals surface area contributed by atoms with Crippen molar-refractivity contribution in [2.24, 2.45) is 0 Å². The minimum absolute atomic E-state index is 0. The SMILES string of the molecule is CNC(=O)CN1CC[N-]CCN(C)CC1.[Y]. The molecule has 0 atom stereocenters. The molecule has 16 heavy (non-hydrogen) atoms. The van der Waals surface area contributed by atoms with Gasteiger partial charge in [-0.25, -0.2) is 0 Å². The maximum absolute atomic E-state index is 11.2. The Balaban J connectivity index is 0.00000225. The van der Waals surface area contributed by atoms with Crippen LogP contribution < -0.4 is 5.32 Å². The summed E-state index contributed by atoms with van der Waals surface area (Å²) in [6.45, 7) is 6.09. The van der Waals surface area contributed by atoms with Crippen LogP contribution in [0.15, 0.2) is 0 Å². The predicted octanol–water partition coefficient (Wildman–Crippen LogP) is -0.649. The maximum Gasteiger partial charge on any atom is 0.233 e. The fraction of sp³-hybridized carbons (Fsp3) is 0.900. The quantitative estimate of drug-likeness (QED) is 0.737. The van der Waals surface area contributed by atoms with E-state index in [2.05, 4.69) is 27.5 Å². The van der Waals surface area contributed by atoms with Gasteiger partial charge in [-0.15, -0.1) is 13.1 Å². The monoisotopic (exact) mass is 302 g/mol. The van der Waals surface area contributed by atoms with Gasteiger partial charge in [0, 0.05) is 52.8 Å². The van der Waals surface area contributed by atoms with Crippen molar-refractivity contribution in [3.63, 3.8) is 0 Å². The van der Waals surface area contributed by atoms with Gasteiger partial charge in [0.05, 0.1) is 6.54 Å². The van der Waals surface area contributed by atoms with Crippen molar-refractivity contribution in [3.8, 4) is 0 Å². The average Bonchev–Trinajstić information content (AvgIpc) is 2.32. The minimum Gasteiger partial charge on any atom is -0.660 e. The minimum atomic E-state index is 0. The van der Waals surface area contributed by atoms with E-state index in [0.717, 1.165) is 39.3 Å². The van der Waals surface area contributed by atoms with Crippen molar-refractivity contribution in [1.29, 1.82) is 0 Å². The number of carbonyl (C=O) groups excluding carboxylic acids is 1. The summed E-state index contributed by atoms with van der Waals surface area (Å²) in [6, 6.07) is 0. The van der Waals surface area contributed by atoms with Gasteiger partial charge in [-0.2, -0.15) is 0 Å². The molecule has 1 aliphatic rings. The molecule has 1 aliphatic heterocycles. The fourth-order valence-electron chi connectivity index (χ4n) is 1.54. The summed E-state index contributed by atoms with van der Waals surface area (Å²) in [5.74, 6) is 0.0805. The van der Waals surface area contributed by atoms with E-state index in [0.29, 0.717) is 6.54 Å². The fourth-order valence-corrected chi connectivity index (χ4v) is 1.54. The molecule has 5 nitrogen and oxygen atoms in total. The summed E-state index contributed by atoms with van der Waals surface area (Å²) >= 11 is 0. The van der Waals surface area contributed by atoms with Gasteiger partial charge in [0.1, 0.15) is 0 Å². The number of carbonyl (C=O) groups is 1. The first-order valence-electron chi connectivity index (χ1n) is 5.47. The van der Waals surface area contributed by atoms with E-state index in [1.165, 1.54) is 0 Å². The summed E-state index contributed by atoms with van der Waals surface area (Å²) in [5, 5.41) is 7.06. The number of rotatable bonds is 2. The number of nitrogens with one attached hydrogen (secondary N) is 1. The zero-order chi connectivity index (χ0) is 11.1. The Morgan fingerprint density at radius 3 is 2.62 bits per heavy atom. The molecule has 0 aromatic rings. The van der Waals surface area contributed by atoms with E-state index in [9.17, 15) is 4.79 Å². The van der Waals surface area contributed by atoms with Crippen molar-refractivity contribution in [2.75, 3.05) is 59.9 Å². The number of hydrogen-bond donors (Lipinski definition) is 1. The Morgan fingerprint density at radius 2 is 1.94 bits per heavy atom. The molecule has 0 saturated carbocycles. The molecule has 0 bridgehead atoms. The van der Waals surface area contributed by atoms with Crippen molar-refractivity contribution in [1.82, 2.24) is 15.1 Å². The second kappa shape index (κ2) is 9.48. The Hall–Kier alpha value is 0.454. The Bertz CT molecular complexity index is 203. The third-order valence-corrected chi connectivity index (χ3v) is 2.66. The summed E-state index contributed by atoms with van der Waals surface area (Å²) in [5.41, 5.74) is 0. The van der Waals surface area contributed by atoms with Gasteiger partial charge in [0.15, 0.2) is 0 Å². The second-order valence-electron chi connectivity index (χ2n) is 3.92. The van der Waals surface area contributed by atoms with Crippen LogP contribution in [-0.2, 0) is 37.5 Å². The van der Waals surface area contributed by atoms with Crippen molar-refractivity contribution < 1.29 is 37.5 Å². The Labute approximate surface area is 123 Å². The first-order chi connectivity index (χ1) is 7.22. The van der Waals surface area contributed by atoms with E-state index in [4.69, 9.17) is 0 Å². The number of likely N-dealkylation sites (N-methyl/N-ethyl adjacent to an activating group) is 2. The van der Waals surface area contributed by atoms with E-state index < -0.39 is 0 Å². The normalized spacial score (nSPS) is 20.1. The van der Waals surface area contributed by atoms with Gasteiger partial charge in [0.2, 0.25) is 5.91 Å². The van der Waals surface area contributed by atoms with Gasteiger partial charge in [-0.05, 0) is 20.1 Å². The number of nitrogens with zero attached hydrogens (tertiary/aromatic N) is 3. The largest absolute Gasteiger partial charge is 0.660 e. The third kappa shape index (κ3) is 6.91. The zero-order valence-corrected chi connectivity index (χ0v) is 13.1. The maximum atomic E-state index is 11.2. The van der Waals surface area contributed by atoms with Crippen LogP contribution in [0.25, 0.3) is 5.32 Å². The Kier molecular flexibility index (Phi) is 9.75. The second-order valence-corrected chi connectivity index (χ2v) is 3.92. The van der Waals surface area contributed by atoms with E-state index in [1.54, 1.807) is 7.05 Å². The van der Waals surface area contributed by atoms with Gasteiger partial charge in [0.25, 0.3) is 0 Å². The molecule has 1 radical (unpaired) electrons. The van der Waals surface area contributed by atoms with Gasteiger partial charge in [-0.3, -0.25) is 9.69 Å². The van der Waals surface area contributed by atoms with Crippen LogP contribution in [0, 0.1) is 0 Å². The smallest absolute Gasteiger partial charge is 0.233 e. The molecule has 1 N–H and O–H groups in total. The topological polar surface area (TPSA) is 49.7 Å². The van der Waals surface area contributed by atoms with Crippen molar-refractivity contribution in [3.05, 3.63) is 5.32 Å². The first-order valence-corrected chi connectivity index (χ1v) is 5.47. The van der Waals surface area contributed by atoms with Crippen LogP contribution in [0.3, 0.4) is 0 Å².